The highest BCUT2D eigenvalue weighted by Gasteiger charge is 2.20. The molecule has 1 aromatic carbocycles. The van der Waals surface area contributed by atoms with Gasteiger partial charge in [0, 0.05) is 23.6 Å². The van der Waals surface area contributed by atoms with Crippen LogP contribution >= 0.6 is 15.9 Å². The van der Waals surface area contributed by atoms with Gasteiger partial charge < -0.3 is 10.6 Å². The summed E-state index contributed by atoms with van der Waals surface area (Å²) in [5.74, 6) is 0.934. The highest BCUT2D eigenvalue weighted by Crippen LogP contribution is 2.32. The Labute approximate surface area is 125 Å². The van der Waals surface area contributed by atoms with Gasteiger partial charge in [-0.2, -0.15) is 0 Å². The molecule has 1 atom stereocenters. The van der Waals surface area contributed by atoms with Gasteiger partial charge in [0.05, 0.1) is 5.69 Å². The van der Waals surface area contributed by atoms with Gasteiger partial charge >= 0.3 is 0 Å². The van der Waals surface area contributed by atoms with Crippen LogP contribution < -0.4 is 10.6 Å². The van der Waals surface area contributed by atoms with Crippen LogP contribution in [-0.2, 0) is 0 Å². The number of hydrogen-bond acceptors (Lipinski definition) is 2. The van der Waals surface area contributed by atoms with E-state index in [0.717, 1.165) is 5.92 Å². The number of rotatable bonds is 4. The molecule has 0 spiro atoms. The number of nitrogens with zero attached hydrogens (tertiary/aromatic N) is 1. The van der Waals surface area contributed by atoms with Crippen LogP contribution in [0.4, 0.5) is 5.69 Å². The quantitative estimate of drug-likeness (QED) is 0.884. The summed E-state index contributed by atoms with van der Waals surface area (Å²) in [5.41, 5.74) is 8.44. The summed E-state index contributed by atoms with van der Waals surface area (Å²) in [4.78, 5) is 2.50. The van der Waals surface area contributed by atoms with E-state index < -0.39 is 0 Å². The SMILES string of the molecule is CCCC1CCN(c2ccc(C(C)N)cc2Br)CC1. The summed E-state index contributed by atoms with van der Waals surface area (Å²) in [5, 5.41) is 0. The van der Waals surface area contributed by atoms with E-state index in [1.165, 1.54) is 54.5 Å². The average molecular weight is 325 g/mol. The molecule has 1 aromatic rings. The Bertz CT molecular complexity index is 409. The topological polar surface area (TPSA) is 29.3 Å². The fourth-order valence-electron chi connectivity index (χ4n) is 2.93. The van der Waals surface area contributed by atoms with Crippen LogP contribution in [0.15, 0.2) is 22.7 Å². The fraction of sp³-hybridized carbons (Fsp3) is 0.625. The van der Waals surface area contributed by atoms with Crippen LogP contribution in [-0.4, -0.2) is 13.1 Å². The Morgan fingerprint density at radius 2 is 2.05 bits per heavy atom. The van der Waals surface area contributed by atoms with Gasteiger partial charge in [0.1, 0.15) is 0 Å². The molecule has 1 fully saturated rings. The molecule has 3 heteroatoms. The predicted molar refractivity (Wildman–Crippen MR) is 86.6 cm³/mol. The van der Waals surface area contributed by atoms with E-state index >= 15 is 0 Å². The molecule has 0 aliphatic carbocycles. The minimum Gasteiger partial charge on any atom is -0.371 e. The van der Waals surface area contributed by atoms with Crippen molar-refractivity contribution in [2.45, 2.75) is 45.6 Å². The molecule has 1 unspecified atom stereocenters. The van der Waals surface area contributed by atoms with Gasteiger partial charge in [-0.1, -0.05) is 25.8 Å². The minimum atomic E-state index is 0.0978. The first-order valence-corrected chi connectivity index (χ1v) is 8.21. The molecule has 1 saturated heterocycles. The third kappa shape index (κ3) is 3.73. The van der Waals surface area contributed by atoms with Crippen molar-refractivity contribution in [2.24, 2.45) is 11.7 Å². The van der Waals surface area contributed by atoms with Crippen molar-refractivity contribution in [3.8, 4) is 0 Å². The van der Waals surface area contributed by atoms with Crippen molar-refractivity contribution in [1.29, 1.82) is 0 Å². The van der Waals surface area contributed by atoms with E-state index in [1.54, 1.807) is 0 Å². The predicted octanol–water partition coefficient (Wildman–Crippen LogP) is 4.49. The van der Waals surface area contributed by atoms with E-state index in [2.05, 4.69) is 46.0 Å². The summed E-state index contributed by atoms with van der Waals surface area (Å²) in [6.07, 6.45) is 5.36. The molecule has 2 nitrogen and oxygen atoms in total. The lowest BCUT2D eigenvalue weighted by Crippen LogP contribution is -2.33. The largest absolute Gasteiger partial charge is 0.371 e. The first-order chi connectivity index (χ1) is 9.11. The molecule has 2 rings (SSSR count). The second-order valence-corrected chi connectivity index (χ2v) is 6.57. The second-order valence-electron chi connectivity index (χ2n) is 5.72. The molecule has 106 valence electrons. The van der Waals surface area contributed by atoms with Crippen LogP contribution in [0.3, 0.4) is 0 Å². The maximum absolute atomic E-state index is 5.93. The third-order valence-electron chi connectivity index (χ3n) is 4.15. The molecular weight excluding hydrogens is 300 g/mol. The molecule has 0 aromatic heterocycles. The number of hydrogen-bond donors (Lipinski definition) is 1. The molecule has 0 bridgehead atoms. The number of anilines is 1. The number of benzene rings is 1. The first kappa shape index (κ1) is 14.9. The summed E-state index contributed by atoms with van der Waals surface area (Å²) in [7, 11) is 0. The van der Waals surface area contributed by atoms with Gasteiger partial charge in [-0.25, -0.2) is 0 Å². The lowest BCUT2D eigenvalue weighted by molar-refractivity contribution is 0.378. The van der Waals surface area contributed by atoms with Crippen LogP contribution in [0.5, 0.6) is 0 Å². The molecule has 1 heterocycles. The zero-order valence-electron chi connectivity index (χ0n) is 12.0. The maximum Gasteiger partial charge on any atom is 0.0510 e. The average Bonchev–Trinajstić information content (AvgIpc) is 2.40. The van der Waals surface area contributed by atoms with E-state index in [0.29, 0.717) is 0 Å². The van der Waals surface area contributed by atoms with Gasteiger partial charge in [0.15, 0.2) is 0 Å². The van der Waals surface area contributed by atoms with Crippen molar-refractivity contribution in [2.75, 3.05) is 18.0 Å². The summed E-state index contributed by atoms with van der Waals surface area (Å²) in [6.45, 7) is 6.68. The number of piperidine rings is 1. The van der Waals surface area contributed by atoms with Crippen molar-refractivity contribution < 1.29 is 0 Å². The summed E-state index contributed by atoms with van der Waals surface area (Å²) in [6, 6.07) is 6.63. The lowest BCUT2D eigenvalue weighted by Gasteiger charge is -2.34. The normalized spacial score (nSPS) is 18.6. The molecule has 0 amide bonds. The first-order valence-electron chi connectivity index (χ1n) is 7.41. The zero-order valence-corrected chi connectivity index (χ0v) is 13.6. The van der Waals surface area contributed by atoms with Gasteiger partial charge in [-0.15, -0.1) is 0 Å². The van der Waals surface area contributed by atoms with Gasteiger partial charge in [0.25, 0.3) is 0 Å². The van der Waals surface area contributed by atoms with Gasteiger partial charge in [-0.3, -0.25) is 0 Å². The van der Waals surface area contributed by atoms with E-state index in [1.807, 2.05) is 6.92 Å². The lowest BCUT2D eigenvalue weighted by atomic mass is 9.92. The molecule has 19 heavy (non-hydrogen) atoms. The standard InChI is InChI=1S/C16H25BrN2/c1-3-4-13-7-9-19(10-8-13)16-6-5-14(12(2)18)11-15(16)17/h5-6,11-13H,3-4,7-10,18H2,1-2H3. The number of halogens is 1. The van der Waals surface area contributed by atoms with Crippen molar-refractivity contribution in [3.63, 3.8) is 0 Å². The Hall–Kier alpha value is -0.540. The fourth-order valence-corrected chi connectivity index (χ4v) is 3.58. The van der Waals surface area contributed by atoms with Crippen LogP contribution in [0.1, 0.15) is 51.1 Å². The summed E-state index contributed by atoms with van der Waals surface area (Å²) >= 11 is 3.70. The maximum atomic E-state index is 5.93. The summed E-state index contributed by atoms with van der Waals surface area (Å²) < 4.78 is 1.18. The van der Waals surface area contributed by atoms with Crippen LogP contribution in [0.2, 0.25) is 0 Å². The van der Waals surface area contributed by atoms with Gasteiger partial charge in [-0.05, 0) is 59.3 Å². The highest BCUT2D eigenvalue weighted by atomic mass is 79.9. The Balaban J connectivity index is 2.03. The van der Waals surface area contributed by atoms with Crippen LogP contribution in [0, 0.1) is 5.92 Å². The molecule has 2 N–H and O–H groups in total. The second kappa shape index (κ2) is 6.76. The smallest absolute Gasteiger partial charge is 0.0510 e. The van der Waals surface area contributed by atoms with Gasteiger partial charge in [0.2, 0.25) is 0 Å². The van der Waals surface area contributed by atoms with Crippen molar-refractivity contribution in [1.82, 2.24) is 0 Å². The van der Waals surface area contributed by atoms with Crippen molar-refractivity contribution >= 4 is 21.6 Å². The molecule has 1 aliphatic heterocycles. The minimum absolute atomic E-state index is 0.0978. The Morgan fingerprint density at radius 1 is 1.37 bits per heavy atom. The van der Waals surface area contributed by atoms with E-state index in [9.17, 15) is 0 Å². The van der Waals surface area contributed by atoms with E-state index in [4.69, 9.17) is 5.73 Å². The Kier molecular flexibility index (Phi) is 5.28. The molecule has 1 aliphatic rings. The van der Waals surface area contributed by atoms with Crippen molar-refractivity contribution in [3.05, 3.63) is 28.2 Å². The highest BCUT2D eigenvalue weighted by molar-refractivity contribution is 9.10. The monoisotopic (exact) mass is 324 g/mol. The molecular formula is C16H25BrN2. The zero-order chi connectivity index (χ0) is 13.8. The van der Waals surface area contributed by atoms with E-state index in [-0.39, 0.29) is 6.04 Å². The Morgan fingerprint density at radius 3 is 2.58 bits per heavy atom. The van der Waals surface area contributed by atoms with Crippen LogP contribution in [0.25, 0.3) is 0 Å². The molecule has 0 radical (unpaired) electrons. The number of nitrogens with two attached hydrogens (primary N) is 1. The molecule has 0 saturated carbocycles. The third-order valence-corrected chi connectivity index (χ3v) is 4.78.